The Bertz CT molecular complexity index is 703. The Morgan fingerprint density at radius 1 is 1.30 bits per heavy atom. The zero-order valence-electron chi connectivity index (χ0n) is 11.6. The molecule has 6 heteroatoms. The summed E-state index contributed by atoms with van der Waals surface area (Å²) in [5.41, 5.74) is 2.43. The monoisotopic (exact) mass is 274 g/mol. The fraction of sp³-hybridized carbons (Fsp3) is 0.429. The summed E-state index contributed by atoms with van der Waals surface area (Å²) in [6.07, 6.45) is 0.836. The minimum Gasteiger partial charge on any atom is -0.344 e. The molecule has 2 aromatic rings. The van der Waals surface area contributed by atoms with Gasteiger partial charge in [-0.25, -0.2) is 4.79 Å². The number of H-pyrrole nitrogens is 2. The quantitative estimate of drug-likeness (QED) is 0.772. The fourth-order valence-corrected chi connectivity index (χ4v) is 2.69. The van der Waals surface area contributed by atoms with Gasteiger partial charge in [0.05, 0.1) is 17.1 Å². The molecule has 3 rings (SSSR count). The first-order valence-electron chi connectivity index (χ1n) is 6.77. The van der Waals surface area contributed by atoms with Crippen molar-refractivity contribution in [2.24, 2.45) is 0 Å². The summed E-state index contributed by atoms with van der Waals surface area (Å²) in [5, 5.41) is 3.35. The highest BCUT2D eigenvalue weighted by Crippen LogP contribution is 2.19. The number of aromatic nitrogens is 2. The first-order chi connectivity index (χ1) is 9.54. The summed E-state index contributed by atoms with van der Waals surface area (Å²) < 4.78 is 0. The Labute approximate surface area is 116 Å². The third-order valence-electron chi connectivity index (χ3n) is 3.92. The number of carbonyl (C=O) groups is 1. The van der Waals surface area contributed by atoms with E-state index < -0.39 is 0 Å². The Morgan fingerprint density at radius 3 is 2.75 bits per heavy atom. The van der Waals surface area contributed by atoms with Crippen molar-refractivity contribution < 1.29 is 4.79 Å². The lowest BCUT2D eigenvalue weighted by Gasteiger charge is -2.19. The third kappa shape index (κ3) is 2.22. The van der Waals surface area contributed by atoms with E-state index in [0.717, 1.165) is 29.6 Å². The molecule has 1 amide bonds. The van der Waals surface area contributed by atoms with Gasteiger partial charge in [-0.3, -0.25) is 10.1 Å². The van der Waals surface area contributed by atoms with Gasteiger partial charge in [-0.1, -0.05) is 6.07 Å². The summed E-state index contributed by atoms with van der Waals surface area (Å²) in [4.78, 5) is 30.4. The molecule has 2 heterocycles. The summed E-state index contributed by atoms with van der Waals surface area (Å²) in [6.45, 7) is 2.82. The van der Waals surface area contributed by atoms with Crippen molar-refractivity contribution in [1.82, 2.24) is 20.2 Å². The molecule has 0 saturated carbocycles. The van der Waals surface area contributed by atoms with Crippen LogP contribution in [-0.4, -0.2) is 40.4 Å². The van der Waals surface area contributed by atoms with E-state index in [2.05, 4.69) is 15.3 Å². The predicted molar refractivity (Wildman–Crippen MR) is 76.5 cm³/mol. The number of rotatable bonds is 3. The van der Waals surface area contributed by atoms with Gasteiger partial charge in [0.15, 0.2) is 0 Å². The summed E-state index contributed by atoms with van der Waals surface area (Å²) in [6, 6.07) is 5.72. The van der Waals surface area contributed by atoms with Crippen LogP contribution < -0.4 is 11.0 Å². The minimum atomic E-state index is -0.203. The molecule has 2 atom stereocenters. The number of nitrogens with one attached hydrogen (secondary N) is 3. The molecule has 2 unspecified atom stereocenters. The van der Waals surface area contributed by atoms with Gasteiger partial charge in [0.2, 0.25) is 5.91 Å². The van der Waals surface area contributed by atoms with Gasteiger partial charge >= 0.3 is 5.69 Å². The molecule has 6 nitrogen and oxygen atoms in total. The van der Waals surface area contributed by atoms with Crippen LogP contribution in [0.1, 0.15) is 24.9 Å². The van der Waals surface area contributed by atoms with Crippen LogP contribution in [0.25, 0.3) is 11.0 Å². The van der Waals surface area contributed by atoms with Crippen LogP contribution in [0.2, 0.25) is 0 Å². The van der Waals surface area contributed by atoms with E-state index >= 15 is 0 Å². The van der Waals surface area contributed by atoms with Crippen LogP contribution in [0.4, 0.5) is 0 Å². The molecular weight excluding hydrogens is 256 g/mol. The molecule has 3 N–H and O–H groups in total. The molecule has 1 saturated heterocycles. The normalized spacial score (nSPS) is 20.8. The van der Waals surface area contributed by atoms with Gasteiger partial charge in [0.1, 0.15) is 0 Å². The van der Waals surface area contributed by atoms with Crippen LogP contribution >= 0.6 is 0 Å². The van der Waals surface area contributed by atoms with Crippen LogP contribution in [0.15, 0.2) is 23.0 Å². The molecule has 0 aliphatic carbocycles. The van der Waals surface area contributed by atoms with Crippen LogP contribution in [0.5, 0.6) is 0 Å². The molecular formula is C14H18N4O2. The largest absolute Gasteiger partial charge is 0.344 e. The SMILES string of the molecule is CC(NC1CCN(C)C1=O)c1ccc2[nH]c(=O)[nH]c2c1. The second kappa shape index (κ2) is 4.79. The first-order valence-corrected chi connectivity index (χ1v) is 6.77. The van der Waals surface area contributed by atoms with Crippen molar-refractivity contribution in [2.45, 2.75) is 25.4 Å². The Morgan fingerprint density at radius 2 is 2.05 bits per heavy atom. The van der Waals surface area contributed by atoms with Crippen molar-refractivity contribution in [3.8, 4) is 0 Å². The third-order valence-corrected chi connectivity index (χ3v) is 3.92. The van der Waals surface area contributed by atoms with E-state index in [1.165, 1.54) is 0 Å². The van der Waals surface area contributed by atoms with E-state index in [9.17, 15) is 9.59 Å². The first kappa shape index (κ1) is 12.9. The average molecular weight is 274 g/mol. The number of nitrogens with zero attached hydrogens (tertiary/aromatic N) is 1. The van der Waals surface area contributed by atoms with Gasteiger partial charge < -0.3 is 14.9 Å². The zero-order chi connectivity index (χ0) is 14.3. The van der Waals surface area contributed by atoms with Gasteiger partial charge in [0.25, 0.3) is 0 Å². The molecule has 1 aliphatic heterocycles. The van der Waals surface area contributed by atoms with Crippen molar-refractivity contribution in [2.75, 3.05) is 13.6 Å². The van der Waals surface area contributed by atoms with Crippen molar-refractivity contribution in [3.63, 3.8) is 0 Å². The van der Waals surface area contributed by atoms with E-state index in [-0.39, 0.29) is 23.7 Å². The summed E-state index contributed by atoms with van der Waals surface area (Å²) in [7, 11) is 1.82. The number of hydrogen-bond acceptors (Lipinski definition) is 3. The second-order valence-electron chi connectivity index (χ2n) is 5.37. The molecule has 1 aliphatic rings. The maximum atomic E-state index is 11.9. The summed E-state index contributed by atoms with van der Waals surface area (Å²) in [5.74, 6) is 0.146. The number of imidazole rings is 1. The van der Waals surface area contributed by atoms with E-state index in [0.29, 0.717) is 0 Å². The number of fused-ring (bicyclic) bond motifs is 1. The molecule has 1 fully saturated rings. The number of hydrogen-bond donors (Lipinski definition) is 3. The topological polar surface area (TPSA) is 81.0 Å². The molecule has 1 aromatic carbocycles. The van der Waals surface area contributed by atoms with Crippen molar-refractivity contribution >= 4 is 16.9 Å². The van der Waals surface area contributed by atoms with Crippen molar-refractivity contribution in [3.05, 3.63) is 34.2 Å². The van der Waals surface area contributed by atoms with Crippen LogP contribution in [-0.2, 0) is 4.79 Å². The number of benzene rings is 1. The van der Waals surface area contributed by atoms with E-state index in [1.807, 2.05) is 32.2 Å². The number of amides is 1. The zero-order valence-corrected chi connectivity index (χ0v) is 11.6. The summed E-state index contributed by atoms with van der Waals surface area (Å²) >= 11 is 0. The van der Waals surface area contributed by atoms with E-state index in [1.54, 1.807) is 4.90 Å². The number of likely N-dealkylation sites (tertiary alicyclic amines) is 1. The highest BCUT2D eigenvalue weighted by molar-refractivity contribution is 5.83. The number of aromatic amines is 2. The Balaban J connectivity index is 1.80. The second-order valence-corrected chi connectivity index (χ2v) is 5.37. The molecule has 0 radical (unpaired) electrons. The molecule has 0 spiro atoms. The van der Waals surface area contributed by atoms with Gasteiger partial charge in [-0.05, 0) is 31.0 Å². The van der Waals surface area contributed by atoms with Crippen LogP contribution in [0, 0.1) is 0 Å². The fourth-order valence-electron chi connectivity index (χ4n) is 2.69. The van der Waals surface area contributed by atoms with E-state index in [4.69, 9.17) is 0 Å². The molecule has 20 heavy (non-hydrogen) atoms. The van der Waals surface area contributed by atoms with Gasteiger partial charge in [-0.15, -0.1) is 0 Å². The molecule has 0 bridgehead atoms. The minimum absolute atomic E-state index is 0.0539. The molecule has 106 valence electrons. The van der Waals surface area contributed by atoms with Crippen molar-refractivity contribution in [1.29, 1.82) is 0 Å². The lowest BCUT2D eigenvalue weighted by Crippen LogP contribution is -2.38. The smallest absolute Gasteiger partial charge is 0.323 e. The number of carbonyl (C=O) groups excluding carboxylic acids is 1. The molecule has 1 aromatic heterocycles. The van der Waals surface area contributed by atoms with Crippen LogP contribution in [0.3, 0.4) is 0 Å². The number of likely N-dealkylation sites (N-methyl/N-ethyl adjacent to an activating group) is 1. The Hall–Kier alpha value is -2.08. The lowest BCUT2D eigenvalue weighted by atomic mass is 10.1. The van der Waals surface area contributed by atoms with Gasteiger partial charge in [-0.2, -0.15) is 0 Å². The predicted octanol–water partition coefficient (Wildman–Crippen LogP) is 0.737. The highest BCUT2D eigenvalue weighted by Gasteiger charge is 2.29. The standard InChI is InChI=1S/C14H18N4O2/c1-8(15-11-5-6-18(2)13(11)19)9-3-4-10-12(7-9)17-14(20)16-10/h3-4,7-8,11,15H,5-6H2,1-2H3,(H2,16,17,20). The lowest BCUT2D eigenvalue weighted by molar-refractivity contribution is -0.128. The van der Waals surface area contributed by atoms with Gasteiger partial charge in [0, 0.05) is 19.6 Å². The highest BCUT2D eigenvalue weighted by atomic mass is 16.2. The maximum Gasteiger partial charge on any atom is 0.323 e. The Kier molecular flexibility index (Phi) is 3.10. The maximum absolute atomic E-state index is 11.9. The average Bonchev–Trinajstić information content (AvgIpc) is 2.93.